The van der Waals surface area contributed by atoms with Gasteiger partial charge in [-0.1, -0.05) is 52.4 Å². The van der Waals surface area contributed by atoms with Crippen LogP contribution < -0.4 is 0 Å². The molecule has 0 bridgehead atoms. The van der Waals surface area contributed by atoms with Gasteiger partial charge >= 0.3 is 5.97 Å². The van der Waals surface area contributed by atoms with Gasteiger partial charge in [0.2, 0.25) is 0 Å². The van der Waals surface area contributed by atoms with Crippen molar-refractivity contribution in [3.63, 3.8) is 0 Å². The Bertz CT molecular complexity index is 830. The largest absolute Gasteiger partial charge is 0.481 e. The van der Waals surface area contributed by atoms with E-state index in [4.69, 9.17) is 9.53 Å². The van der Waals surface area contributed by atoms with Crippen LogP contribution in [0.5, 0.6) is 0 Å². The first-order valence-corrected chi connectivity index (χ1v) is 15.3. The zero-order chi connectivity index (χ0) is 24.2. The average molecular weight is 477 g/mol. The lowest BCUT2D eigenvalue weighted by Crippen LogP contribution is -2.41. The zero-order valence-electron chi connectivity index (χ0n) is 20.6. The summed E-state index contributed by atoms with van der Waals surface area (Å²) in [6.45, 7) is 13.4. The van der Waals surface area contributed by atoms with Crippen molar-refractivity contribution < 1.29 is 19.4 Å². The molecule has 0 radical (unpaired) electrons. The van der Waals surface area contributed by atoms with Gasteiger partial charge in [0, 0.05) is 24.1 Å². The van der Waals surface area contributed by atoms with Gasteiger partial charge in [-0.3, -0.25) is 4.79 Å². The third-order valence-electron chi connectivity index (χ3n) is 5.74. The third kappa shape index (κ3) is 10.8. The quantitative estimate of drug-likeness (QED) is 0.210. The summed E-state index contributed by atoms with van der Waals surface area (Å²) in [6.07, 6.45) is 5.11. The van der Waals surface area contributed by atoms with Crippen LogP contribution >= 0.6 is 11.3 Å². The smallest absolute Gasteiger partial charge is 0.303 e. The summed E-state index contributed by atoms with van der Waals surface area (Å²) in [5, 5.41) is 18.8. The van der Waals surface area contributed by atoms with Gasteiger partial charge in [0.1, 0.15) is 6.10 Å². The highest BCUT2D eigenvalue weighted by atomic mass is 32.1. The van der Waals surface area contributed by atoms with E-state index in [0.717, 1.165) is 22.6 Å². The predicted molar refractivity (Wildman–Crippen MR) is 136 cm³/mol. The van der Waals surface area contributed by atoms with Crippen molar-refractivity contribution in [2.24, 2.45) is 0 Å². The predicted octanol–water partition coefficient (Wildman–Crippen LogP) is 6.75. The number of rotatable bonds is 11. The van der Waals surface area contributed by atoms with Gasteiger partial charge < -0.3 is 14.6 Å². The fourth-order valence-corrected chi connectivity index (χ4v) is 4.98. The number of thiophene rings is 1. The Morgan fingerprint density at radius 1 is 1.19 bits per heavy atom. The van der Waals surface area contributed by atoms with Crippen LogP contribution in [0.4, 0.5) is 0 Å². The van der Waals surface area contributed by atoms with Crippen LogP contribution in [0.25, 0.3) is 0 Å². The van der Waals surface area contributed by atoms with Crippen LogP contribution in [-0.2, 0) is 9.22 Å². The first-order valence-electron chi connectivity index (χ1n) is 11.6. The number of carboxylic acid groups (broad SMARTS) is 1. The molecule has 0 aromatic carbocycles. The second-order valence-corrected chi connectivity index (χ2v) is 15.5. The number of aliphatic carboxylic acids is 1. The number of aliphatic hydroxyl groups is 1. The van der Waals surface area contributed by atoms with Crippen molar-refractivity contribution in [2.45, 2.75) is 109 Å². The number of hydrogen-bond donors (Lipinski definition) is 2. The zero-order valence-corrected chi connectivity index (χ0v) is 22.4. The summed E-state index contributed by atoms with van der Waals surface area (Å²) >= 11 is 1.59. The van der Waals surface area contributed by atoms with E-state index < -0.39 is 20.4 Å². The lowest BCUT2D eigenvalue weighted by Gasteiger charge is -2.38. The van der Waals surface area contributed by atoms with Gasteiger partial charge in [-0.15, -0.1) is 23.2 Å². The lowest BCUT2D eigenvalue weighted by molar-refractivity contribution is -0.137. The highest BCUT2D eigenvalue weighted by molar-refractivity contribution is 7.12. The van der Waals surface area contributed by atoms with Crippen molar-refractivity contribution in [1.29, 1.82) is 0 Å². The highest BCUT2D eigenvalue weighted by Gasteiger charge is 2.39. The fourth-order valence-electron chi connectivity index (χ4n) is 2.72. The minimum atomic E-state index is -1.97. The number of aliphatic hydroxyl groups excluding tert-OH is 1. The van der Waals surface area contributed by atoms with Crippen LogP contribution in [-0.4, -0.2) is 30.6 Å². The summed E-state index contributed by atoms with van der Waals surface area (Å²) in [7, 11) is -1.97. The van der Waals surface area contributed by atoms with Gasteiger partial charge in [0.05, 0.1) is 11.0 Å². The van der Waals surface area contributed by atoms with Crippen molar-refractivity contribution in [3.8, 4) is 23.7 Å². The molecule has 0 aliphatic heterocycles. The summed E-state index contributed by atoms with van der Waals surface area (Å²) in [6, 6.07) is 4.02. The minimum Gasteiger partial charge on any atom is -0.481 e. The molecule has 6 heteroatoms. The van der Waals surface area contributed by atoms with Crippen molar-refractivity contribution in [3.05, 3.63) is 21.9 Å². The Labute approximate surface area is 199 Å². The number of hydrogen-bond acceptors (Lipinski definition) is 4. The SMILES string of the molecule is CCCCCC#CCC(O[Si](C)(C)C(C)(C)C)c1ccc(C#CC(O)CCCC(=O)O)s1. The maximum Gasteiger partial charge on any atom is 0.303 e. The summed E-state index contributed by atoms with van der Waals surface area (Å²) in [5.74, 6) is 11.7. The average Bonchev–Trinajstić information content (AvgIpc) is 3.16. The normalized spacial score (nSPS) is 13.5. The molecule has 178 valence electrons. The van der Waals surface area contributed by atoms with Gasteiger partial charge in [-0.2, -0.15) is 0 Å². The van der Waals surface area contributed by atoms with Crippen molar-refractivity contribution in [2.75, 3.05) is 0 Å². The molecule has 0 saturated carbocycles. The Balaban J connectivity index is 2.90. The molecule has 0 aliphatic rings. The number of carboxylic acids is 1. The first-order chi connectivity index (χ1) is 15.0. The maximum absolute atomic E-state index is 10.6. The van der Waals surface area contributed by atoms with E-state index >= 15 is 0 Å². The molecule has 1 aromatic heterocycles. The van der Waals surface area contributed by atoms with E-state index in [0.29, 0.717) is 19.3 Å². The second kappa shape index (κ2) is 13.9. The fraction of sp³-hybridized carbons (Fsp3) is 0.654. The summed E-state index contributed by atoms with van der Waals surface area (Å²) in [4.78, 5) is 12.6. The van der Waals surface area contributed by atoms with E-state index in [2.05, 4.69) is 70.5 Å². The van der Waals surface area contributed by atoms with Crippen molar-refractivity contribution in [1.82, 2.24) is 0 Å². The van der Waals surface area contributed by atoms with Crippen LogP contribution in [0.3, 0.4) is 0 Å². The van der Waals surface area contributed by atoms with Crippen LogP contribution in [0.2, 0.25) is 18.1 Å². The molecule has 1 heterocycles. The van der Waals surface area contributed by atoms with Crippen LogP contribution in [0.1, 0.15) is 94.9 Å². The van der Waals surface area contributed by atoms with E-state index in [1.807, 2.05) is 6.07 Å². The lowest BCUT2D eigenvalue weighted by atomic mass is 10.1. The van der Waals surface area contributed by atoms with E-state index in [1.54, 1.807) is 11.3 Å². The topological polar surface area (TPSA) is 66.8 Å². The van der Waals surface area contributed by atoms with Crippen molar-refractivity contribution >= 4 is 25.6 Å². The van der Waals surface area contributed by atoms with Gasteiger partial charge in [0.25, 0.3) is 0 Å². The Morgan fingerprint density at radius 3 is 2.53 bits per heavy atom. The Morgan fingerprint density at radius 2 is 1.91 bits per heavy atom. The van der Waals surface area contributed by atoms with Gasteiger partial charge in [0.15, 0.2) is 8.32 Å². The minimum absolute atomic E-state index is 0.0494. The molecule has 2 unspecified atom stereocenters. The molecular weight excluding hydrogens is 436 g/mol. The van der Waals surface area contributed by atoms with Crippen LogP contribution in [0.15, 0.2) is 12.1 Å². The second-order valence-electron chi connectivity index (χ2n) is 9.65. The highest BCUT2D eigenvalue weighted by Crippen LogP contribution is 2.41. The van der Waals surface area contributed by atoms with Gasteiger partial charge in [-0.25, -0.2) is 0 Å². The molecule has 32 heavy (non-hydrogen) atoms. The molecule has 0 saturated heterocycles. The Kier molecular flexibility index (Phi) is 12.3. The standard InChI is InChI=1S/C26H40O4SSi/c1-7-8-9-10-11-12-15-23(30-32(5,6)26(2,3)4)24-20-19-22(31-24)18-17-21(27)14-13-16-25(28)29/h19-21,23,27H,7-10,13-16H2,1-6H3,(H,28,29). The van der Waals surface area contributed by atoms with Crippen LogP contribution in [0, 0.1) is 23.7 Å². The van der Waals surface area contributed by atoms with E-state index in [-0.39, 0.29) is 17.6 Å². The molecule has 0 aliphatic carbocycles. The first kappa shape index (κ1) is 28.5. The molecule has 1 aromatic rings. The number of carbonyl (C=O) groups is 1. The molecule has 0 amide bonds. The molecule has 2 N–H and O–H groups in total. The molecule has 2 atom stereocenters. The Hall–Kier alpha value is -1.57. The molecule has 0 spiro atoms. The van der Waals surface area contributed by atoms with E-state index in [9.17, 15) is 9.90 Å². The summed E-state index contributed by atoms with van der Waals surface area (Å²) in [5.41, 5.74) is 0. The number of unbranched alkanes of at least 4 members (excludes halogenated alkanes) is 3. The maximum atomic E-state index is 10.6. The molecule has 1 rings (SSSR count). The summed E-state index contributed by atoms with van der Waals surface area (Å²) < 4.78 is 6.72. The van der Waals surface area contributed by atoms with Gasteiger partial charge in [-0.05, 0) is 49.5 Å². The molecular formula is C26H40O4SSi. The molecule has 4 nitrogen and oxygen atoms in total. The molecule has 0 fully saturated rings. The third-order valence-corrected chi connectivity index (χ3v) is 11.3. The van der Waals surface area contributed by atoms with E-state index in [1.165, 1.54) is 12.8 Å². The monoisotopic (exact) mass is 476 g/mol.